The number of hydrogen-bond donors (Lipinski definition) is 4. The van der Waals surface area contributed by atoms with Crippen molar-refractivity contribution in [3.8, 4) is 0 Å². The number of piperazine rings is 1. The van der Waals surface area contributed by atoms with E-state index in [0.717, 1.165) is 4.90 Å². The fourth-order valence-corrected chi connectivity index (χ4v) is 5.96. The lowest BCUT2D eigenvalue weighted by Crippen LogP contribution is -2.83. The number of fused-ring (bicyclic) bond motifs is 5. The number of thioether (sulfide) groups is 1. The third-order valence-electron chi connectivity index (χ3n) is 6.99. The summed E-state index contributed by atoms with van der Waals surface area (Å²) < 4.78 is 17.3. The standard InChI is InChI=1S/C25H36N2O7S/c1-21(2,3)15-7-9-17(10-8-15)35-13-16-11-12-32-25(20(30)26-24(16,31)19(29)27-25)18(28)23(6)14-33-22(4,5)34-23/h7-10,16,18,28,31H,11-14H2,1-6H3,(H,26,30)(H,27,29)/t16?,18-,23-,24+,25-/m0/s1. The zero-order valence-corrected chi connectivity index (χ0v) is 22.0. The Kier molecular flexibility index (Phi) is 6.56. The molecule has 4 saturated heterocycles. The molecule has 0 spiro atoms. The third-order valence-corrected chi connectivity index (χ3v) is 8.17. The summed E-state index contributed by atoms with van der Waals surface area (Å²) >= 11 is 1.49. The van der Waals surface area contributed by atoms with Crippen molar-refractivity contribution in [3.05, 3.63) is 29.8 Å². The summed E-state index contributed by atoms with van der Waals surface area (Å²) in [5, 5.41) is 27.5. The van der Waals surface area contributed by atoms with Gasteiger partial charge in [-0.25, -0.2) is 0 Å². The van der Waals surface area contributed by atoms with Crippen LogP contribution in [0.2, 0.25) is 0 Å². The molecular weight excluding hydrogens is 472 g/mol. The minimum Gasteiger partial charge on any atom is -0.384 e. The van der Waals surface area contributed by atoms with E-state index in [2.05, 4.69) is 43.5 Å². The van der Waals surface area contributed by atoms with Crippen LogP contribution in [0.4, 0.5) is 0 Å². The molecule has 1 aromatic rings. The molecule has 0 aliphatic carbocycles. The molecule has 10 heteroatoms. The molecular formula is C25H36N2O7S. The van der Waals surface area contributed by atoms with Crippen LogP contribution in [0.5, 0.6) is 0 Å². The van der Waals surface area contributed by atoms with Crippen LogP contribution >= 0.6 is 11.8 Å². The lowest BCUT2D eigenvalue weighted by Gasteiger charge is -2.51. The summed E-state index contributed by atoms with van der Waals surface area (Å²) in [5.41, 5.74) is -4.31. The third kappa shape index (κ3) is 4.72. The smallest absolute Gasteiger partial charge is 0.278 e. The van der Waals surface area contributed by atoms with Crippen molar-refractivity contribution in [1.29, 1.82) is 0 Å². The Morgan fingerprint density at radius 1 is 1.09 bits per heavy atom. The molecule has 194 valence electrons. The average molecular weight is 509 g/mol. The van der Waals surface area contributed by atoms with Crippen molar-refractivity contribution >= 4 is 23.6 Å². The molecule has 2 amide bonds. The first-order valence-corrected chi connectivity index (χ1v) is 12.9. The van der Waals surface area contributed by atoms with Gasteiger partial charge in [0.25, 0.3) is 17.5 Å². The van der Waals surface area contributed by atoms with Crippen LogP contribution in [-0.4, -0.2) is 69.9 Å². The van der Waals surface area contributed by atoms with E-state index in [0.29, 0.717) is 12.2 Å². The molecule has 5 rings (SSSR count). The number of benzene rings is 1. The number of rotatable bonds is 5. The number of aliphatic hydroxyl groups excluding tert-OH is 1. The second kappa shape index (κ2) is 8.71. The van der Waals surface area contributed by atoms with E-state index < -0.39 is 46.7 Å². The van der Waals surface area contributed by atoms with Gasteiger partial charge in [0.05, 0.1) is 13.2 Å². The molecule has 0 radical (unpaired) electrons. The van der Waals surface area contributed by atoms with Crippen molar-refractivity contribution in [2.75, 3.05) is 19.0 Å². The van der Waals surface area contributed by atoms with Gasteiger partial charge in [-0.05, 0) is 50.3 Å². The van der Waals surface area contributed by atoms with Crippen LogP contribution < -0.4 is 10.6 Å². The maximum atomic E-state index is 13.3. The van der Waals surface area contributed by atoms with E-state index in [9.17, 15) is 19.8 Å². The Hall–Kier alpha value is -1.69. The molecule has 5 atom stereocenters. The second-order valence-corrected chi connectivity index (χ2v) is 12.4. The number of carbonyl (C=O) groups excluding carboxylic acids is 2. The zero-order valence-electron chi connectivity index (χ0n) is 21.1. The lowest BCUT2D eigenvalue weighted by atomic mass is 9.83. The average Bonchev–Trinajstić information content (AvgIpc) is 3.05. The fraction of sp³-hybridized carbons (Fsp3) is 0.680. The normalized spacial score (nSPS) is 35.7. The molecule has 4 aliphatic rings. The Balaban J connectivity index is 1.51. The summed E-state index contributed by atoms with van der Waals surface area (Å²) in [6.45, 7) is 11.5. The van der Waals surface area contributed by atoms with Crippen LogP contribution in [0.3, 0.4) is 0 Å². The predicted molar refractivity (Wildman–Crippen MR) is 129 cm³/mol. The van der Waals surface area contributed by atoms with E-state index >= 15 is 0 Å². The number of ether oxygens (including phenoxy) is 3. The maximum absolute atomic E-state index is 13.3. The van der Waals surface area contributed by atoms with Gasteiger partial charge < -0.3 is 35.1 Å². The highest BCUT2D eigenvalue weighted by atomic mass is 32.2. The first kappa shape index (κ1) is 26.4. The number of carbonyl (C=O) groups is 2. The molecule has 1 aromatic carbocycles. The highest BCUT2D eigenvalue weighted by molar-refractivity contribution is 7.99. The molecule has 35 heavy (non-hydrogen) atoms. The van der Waals surface area contributed by atoms with Gasteiger partial charge in [-0.15, -0.1) is 11.8 Å². The number of nitrogens with one attached hydrogen (secondary N) is 2. The van der Waals surface area contributed by atoms with Gasteiger partial charge >= 0.3 is 0 Å². The van der Waals surface area contributed by atoms with Crippen molar-refractivity contribution in [2.24, 2.45) is 5.92 Å². The minimum atomic E-state index is -2.13. The number of aliphatic hydroxyl groups is 2. The monoisotopic (exact) mass is 508 g/mol. The first-order chi connectivity index (χ1) is 16.1. The fourth-order valence-electron chi connectivity index (χ4n) is 4.83. The summed E-state index contributed by atoms with van der Waals surface area (Å²) in [5.74, 6) is -2.87. The number of amides is 2. The Morgan fingerprint density at radius 2 is 1.74 bits per heavy atom. The van der Waals surface area contributed by atoms with Crippen LogP contribution in [0.25, 0.3) is 0 Å². The molecule has 4 fully saturated rings. The second-order valence-electron chi connectivity index (χ2n) is 11.3. The van der Waals surface area contributed by atoms with Crippen LogP contribution in [-0.2, 0) is 29.2 Å². The van der Waals surface area contributed by atoms with E-state index in [-0.39, 0.29) is 18.6 Å². The molecule has 4 heterocycles. The molecule has 2 bridgehead atoms. The number of hydrogen-bond acceptors (Lipinski definition) is 8. The van der Waals surface area contributed by atoms with Gasteiger partial charge in [0.15, 0.2) is 5.79 Å². The summed E-state index contributed by atoms with van der Waals surface area (Å²) in [7, 11) is 0. The summed E-state index contributed by atoms with van der Waals surface area (Å²) in [4.78, 5) is 27.5. The Bertz CT molecular complexity index is 995. The minimum absolute atomic E-state index is 0.00698. The lowest BCUT2D eigenvalue weighted by molar-refractivity contribution is -0.247. The molecule has 0 saturated carbocycles. The van der Waals surface area contributed by atoms with Crippen LogP contribution in [0, 0.1) is 5.92 Å². The topological polar surface area (TPSA) is 126 Å². The Morgan fingerprint density at radius 3 is 2.31 bits per heavy atom. The van der Waals surface area contributed by atoms with Gasteiger partial charge in [0.1, 0.15) is 11.7 Å². The summed E-state index contributed by atoms with van der Waals surface area (Å²) in [6.07, 6.45) is -1.29. The Labute approximate surface area is 210 Å². The summed E-state index contributed by atoms with van der Waals surface area (Å²) in [6, 6.07) is 8.17. The van der Waals surface area contributed by atoms with Crippen molar-refractivity contribution < 1.29 is 34.0 Å². The van der Waals surface area contributed by atoms with Crippen LogP contribution in [0.15, 0.2) is 29.2 Å². The van der Waals surface area contributed by atoms with Gasteiger partial charge in [-0.1, -0.05) is 32.9 Å². The van der Waals surface area contributed by atoms with Gasteiger partial charge in [0, 0.05) is 16.6 Å². The van der Waals surface area contributed by atoms with Crippen molar-refractivity contribution in [1.82, 2.24) is 10.6 Å². The first-order valence-electron chi connectivity index (χ1n) is 11.9. The van der Waals surface area contributed by atoms with Gasteiger partial charge in [-0.3, -0.25) is 9.59 Å². The predicted octanol–water partition coefficient (Wildman–Crippen LogP) is 1.65. The highest BCUT2D eigenvalue weighted by Crippen LogP contribution is 2.41. The van der Waals surface area contributed by atoms with Gasteiger partial charge in [0.2, 0.25) is 5.72 Å². The largest absolute Gasteiger partial charge is 0.384 e. The van der Waals surface area contributed by atoms with E-state index in [4.69, 9.17) is 14.2 Å². The van der Waals surface area contributed by atoms with Crippen LogP contribution in [0.1, 0.15) is 53.5 Å². The molecule has 1 unspecified atom stereocenters. The highest BCUT2D eigenvalue weighted by Gasteiger charge is 2.66. The van der Waals surface area contributed by atoms with E-state index in [1.807, 2.05) is 12.1 Å². The van der Waals surface area contributed by atoms with E-state index in [1.54, 1.807) is 20.8 Å². The molecule has 0 aromatic heterocycles. The van der Waals surface area contributed by atoms with Crippen molar-refractivity contribution in [3.63, 3.8) is 0 Å². The van der Waals surface area contributed by atoms with Crippen molar-refractivity contribution in [2.45, 2.75) is 87.2 Å². The molecule has 4 N–H and O–H groups in total. The molecule has 9 nitrogen and oxygen atoms in total. The quantitative estimate of drug-likeness (QED) is 0.443. The zero-order chi connectivity index (χ0) is 25.9. The van der Waals surface area contributed by atoms with Gasteiger partial charge in [-0.2, -0.15) is 0 Å². The molecule has 4 aliphatic heterocycles. The van der Waals surface area contributed by atoms with E-state index in [1.165, 1.54) is 17.3 Å². The SMILES string of the molecule is CC1(C)OC[C@@](C)([C@H](O)[C@@]23NC(=O)[C@@](O)(NC2=O)C(CSc2ccc(C(C)(C)C)cc2)CCO3)O1. The maximum Gasteiger partial charge on any atom is 0.278 e.